The highest BCUT2D eigenvalue weighted by Gasteiger charge is 2.35. The first kappa shape index (κ1) is 22.6. The van der Waals surface area contributed by atoms with Gasteiger partial charge >= 0.3 is 5.97 Å². The number of nitrogens with zero attached hydrogens (tertiary/aromatic N) is 1. The number of rotatable bonds is 8. The smallest absolute Gasteiger partial charge is 0.323 e. The summed E-state index contributed by atoms with van der Waals surface area (Å²) in [4.78, 5) is 26.0. The molecule has 0 radical (unpaired) electrons. The van der Waals surface area contributed by atoms with Crippen LogP contribution in [0.5, 0.6) is 5.75 Å². The number of aliphatic carboxylic acids is 1. The van der Waals surface area contributed by atoms with Crippen molar-refractivity contribution in [1.82, 2.24) is 4.90 Å². The molecule has 5 heteroatoms. The molecule has 1 N–H and O–H groups in total. The normalized spacial score (nSPS) is 16.7. The number of carboxylic acids is 1. The molecule has 3 aromatic carbocycles. The van der Waals surface area contributed by atoms with Crippen molar-refractivity contribution in [1.29, 1.82) is 0 Å². The summed E-state index contributed by atoms with van der Waals surface area (Å²) >= 11 is 0. The van der Waals surface area contributed by atoms with Gasteiger partial charge in [-0.1, -0.05) is 61.5 Å². The van der Waals surface area contributed by atoms with Crippen LogP contribution in [-0.2, 0) is 30.6 Å². The molecule has 0 bridgehead atoms. The molecular weight excluding hydrogens is 414 g/mol. The van der Waals surface area contributed by atoms with Gasteiger partial charge in [-0.3, -0.25) is 9.59 Å². The van der Waals surface area contributed by atoms with E-state index >= 15 is 0 Å². The van der Waals surface area contributed by atoms with E-state index in [9.17, 15) is 14.7 Å². The minimum Gasteiger partial charge on any atom is -0.487 e. The third kappa shape index (κ3) is 5.43. The fourth-order valence-corrected chi connectivity index (χ4v) is 4.43. The lowest BCUT2D eigenvalue weighted by Crippen LogP contribution is -2.35. The predicted molar refractivity (Wildman–Crippen MR) is 128 cm³/mol. The molecule has 33 heavy (non-hydrogen) atoms. The highest BCUT2D eigenvalue weighted by molar-refractivity contribution is 5.96. The van der Waals surface area contributed by atoms with E-state index in [4.69, 9.17) is 4.74 Å². The van der Waals surface area contributed by atoms with E-state index in [1.807, 2.05) is 42.5 Å². The first-order chi connectivity index (χ1) is 15.8. The van der Waals surface area contributed by atoms with E-state index in [0.29, 0.717) is 12.0 Å². The zero-order valence-corrected chi connectivity index (χ0v) is 19.1. The van der Waals surface area contributed by atoms with Gasteiger partial charge in [-0.25, -0.2) is 0 Å². The summed E-state index contributed by atoms with van der Waals surface area (Å²) in [5, 5.41) is 9.34. The Morgan fingerprint density at radius 1 is 0.970 bits per heavy atom. The Balaban J connectivity index is 1.51. The lowest BCUT2D eigenvalue weighted by molar-refractivity contribution is -0.137. The van der Waals surface area contributed by atoms with Crippen LogP contribution in [0.25, 0.3) is 0 Å². The number of benzene rings is 3. The molecule has 1 atom stereocenters. The highest BCUT2D eigenvalue weighted by Crippen LogP contribution is 2.37. The van der Waals surface area contributed by atoms with Crippen molar-refractivity contribution < 1.29 is 19.4 Å². The molecule has 1 heterocycles. The first-order valence-electron chi connectivity index (χ1n) is 11.3. The van der Waals surface area contributed by atoms with Crippen molar-refractivity contribution in [2.45, 2.75) is 45.3 Å². The van der Waals surface area contributed by atoms with Crippen molar-refractivity contribution in [2.24, 2.45) is 0 Å². The van der Waals surface area contributed by atoms with E-state index < -0.39 is 5.97 Å². The molecule has 1 aliphatic heterocycles. The number of carbonyl (C=O) groups excluding carboxylic acids is 1. The van der Waals surface area contributed by atoms with Crippen LogP contribution in [0.3, 0.4) is 0 Å². The molecule has 0 spiro atoms. The lowest BCUT2D eigenvalue weighted by atomic mass is 9.91. The Morgan fingerprint density at radius 3 is 2.33 bits per heavy atom. The maximum Gasteiger partial charge on any atom is 0.323 e. The summed E-state index contributed by atoms with van der Waals surface area (Å²) in [5.74, 6) is -0.551. The van der Waals surface area contributed by atoms with Crippen LogP contribution in [0.1, 0.15) is 46.5 Å². The second-order valence-corrected chi connectivity index (χ2v) is 8.94. The zero-order chi connectivity index (χ0) is 23.4. The van der Waals surface area contributed by atoms with Gasteiger partial charge in [-0.15, -0.1) is 0 Å². The van der Waals surface area contributed by atoms with Crippen molar-refractivity contribution in [2.75, 3.05) is 6.54 Å². The summed E-state index contributed by atoms with van der Waals surface area (Å²) in [6, 6.07) is 23.4. The Morgan fingerprint density at radius 2 is 1.67 bits per heavy atom. The molecule has 5 nitrogen and oxygen atoms in total. The van der Waals surface area contributed by atoms with Gasteiger partial charge in [0.05, 0.1) is 0 Å². The molecular formula is C28H29NO4. The number of hydrogen-bond acceptors (Lipinski definition) is 3. The number of aryl methyl sites for hydroxylation is 1. The Bertz CT molecular complexity index is 1140. The minimum absolute atomic E-state index is 0.241. The average Bonchev–Trinajstić information content (AvgIpc) is 3.14. The van der Waals surface area contributed by atoms with Gasteiger partial charge < -0.3 is 14.7 Å². The topological polar surface area (TPSA) is 66.8 Å². The SMILES string of the molecule is CCc1ccc(C[C@@]2(C)Cc3cc(C(=O)N(CC(=O)O)Cc4ccccc4)ccc3O2)cc1. The van der Waals surface area contributed by atoms with Crippen LogP contribution >= 0.6 is 0 Å². The number of carboxylic acid groups (broad SMARTS) is 1. The molecule has 1 aliphatic rings. The van der Waals surface area contributed by atoms with E-state index in [1.54, 1.807) is 6.07 Å². The third-order valence-electron chi connectivity index (χ3n) is 6.07. The van der Waals surface area contributed by atoms with Crippen molar-refractivity contribution in [3.05, 3.63) is 101 Å². The number of carbonyl (C=O) groups is 2. The summed E-state index contributed by atoms with van der Waals surface area (Å²) in [7, 11) is 0. The molecule has 0 saturated carbocycles. The minimum atomic E-state index is -1.04. The van der Waals surface area contributed by atoms with Gasteiger partial charge in [0.2, 0.25) is 0 Å². The summed E-state index contributed by atoms with van der Waals surface area (Å²) in [5.41, 5.74) is 4.48. The lowest BCUT2D eigenvalue weighted by Gasteiger charge is -2.24. The van der Waals surface area contributed by atoms with Crippen LogP contribution in [0.2, 0.25) is 0 Å². The molecule has 3 aromatic rings. The van der Waals surface area contributed by atoms with Crippen molar-refractivity contribution in [3.63, 3.8) is 0 Å². The average molecular weight is 444 g/mol. The highest BCUT2D eigenvalue weighted by atomic mass is 16.5. The summed E-state index contributed by atoms with van der Waals surface area (Å²) in [6.45, 7) is 4.12. The molecule has 0 aromatic heterocycles. The van der Waals surface area contributed by atoms with E-state index in [-0.39, 0.29) is 24.6 Å². The summed E-state index contributed by atoms with van der Waals surface area (Å²) < 4.78 is 6.29. The standard InChI is InChI=1S/C28H29NO4/c1-3-20-9-11-21(12-10-20)16-28(2)17-24-15-23(13-14-25(24)33-28)27(32)29(19-26(30)31)18-22-7-5-4-6-8-22/h4-15H,3,16-19H2,1-2H3,(H,30,31)/t28-/m0/s1. The van der Waals surface area contributed by atoms with Crippen LogP contribution in [0.15, 0.2) is 72.8 Å². The van der Waals surface area contributed by atoms with E-state index in [1.165, 1.54) is 16.0 Å². The molecule has 0 fully saturated rings. The number of fused-ring (bicyclic) bond motifs is 1. The largest absolute Gasteiger partial charge is 0.487 e. The second kappa shape index (κ2) is 9.49. The first-order valence-corrected chi connectivity index (χ1v) is 11.3. The van der Waals surface area contributed by atoms with Gasteiger partial charge in [-0.05, 0) is 53.8 Å². The van der Waals surface area contributed by atoms with Gasteiger partial charge in [0.15, 0.2) is 0 Å². The zero-order valence-electron chi connectivity index (χ0n) is 19.1. The number of amides is 1. The van der Waals surface area contributed by atoms with Gasteiger partial charge in [0.1, 0.15) is 17.9 Å². The fraction of sp³-hybridized carbons (Fsp3) is 0.286. The monoisotopic (exact) mass is 443 g/mol. The van der Waals surface area contributed by atoms with Crippen LogP contribution in [0, 0.1) is 0 Å². The predicted octanol–water partition coefficient (Wildman–Crippen LogP) is 4.91. The van der Waals surface area contributed by atoms with E-state index in [0.717, 1.165) is 29.7 Å². The molecule has 170 valence electrons. The Kier molecular flexibility index (Phi) is 6.50. The second-order valence-electron chi connectivity index (χ2n) is 8.94. The molecule has 1 amide bonds. The maximum atomic E-state index is 13.2. The third-order valence-corrected chi connectivity index (χ3v) is 6.07. The van der Waals surface area contributed by atoms with Gasteiger partial charge in [-0.2, -0.15) is 0 Å². The Labute approximate surface area is 194 Å². The van der Waals surface area contributed by atoms with Gasteiger partial charge in [0.25, 0.3) is 5.91 Å². The fourth-order valence-electron chi connectivity index (χ4n) is 4.43. The molecule has 4 rings (SSSR count). The maximum absolute atomic E-state index is 13.2. The number of hydrogen-bond donors (Lipinski definition) is 1. The molecule has 0 unspecified atom stereocenters. The van der Waals surface area contributed by atoms with E-state index in [2.05, 4.69) is 38.1 Å². The number of ether oxygens (including phenoxy) is 1. The molecule has 0 aliphatic carbocycles. The molecule has 0 saturated heterocycles. The van der Waals surface area contributed by atoms with Crippen molar-refractivity contribution >= 4 is 11.9 Å². The van der Waals surface area contributed by atoms with Crippen LogP contribution in [0.4, 0.5) is 0 Å². The van der Waals surface area contributed by atoms with Crippen LogP contribution < -0.4 is 4.74 Å². The Hall–Kier alpha value is -3.60. The van der Waals surface area contributed by atoms with Crippen LogP contribution in [-0.4, -0.2) is 34.0 Å². The quantitative estimate of drug-likeness (QED) is 0.537. The summed E-state index contributed by atoms with van der Waals surface area (Å²) in [6.07, 6.45) is 2.48. The van der Waals surface area contributed by atoms with Gasteiger partial charge in [0, 0.05) is 24.9 Å². The van der Waals surface area contributed by atoms with Crippen molar-refractivity contribution in [3.8, 4) is 5.75 Å².